The summed E-state index contributed by atoms with van der Waals surface area (Å²) in [5.74, 6) is 0. The summed E-state index contributed by atoms with van der Waals surface area (Å²) in [5, 5.41) is 3.66. The van der Waals surface area contributed by atoms with E-state index in [0.717, 1.165) is 6.54 Å². The van der Waals surface area contributed by atoms with E-state index in [1.165, 1.54) is 30.4 Å². The summed E-state index contributed by atoms with van der Waals surface area (Å²) in [5.41, 5.74) is 3.26. The number of rotatable bonds is 3. The van der Waals surface area contributed by atoms with Gasteiger partial charge in [-0.2, -0.15) is 0 Å². The summed E-state index contributed by atoms with van der Waals surface area (Å²) in [4.78, 5) is 0. The maximum absolute atomic E-state index is 3.66. The molecule has 0 bridgehead atoms. The van der Waals surface area contributed by atoms with Crippen LogP contribution >= 0.6 is 0 Å². The zero-order chi connectivity index (χ0) is 10.0. The highest BCUT2D eigenvalue weighted by Crippen LogP contribution is 2.36. The van der Waals surface area contributed by atoms with E-state index in [9.17, 15) is 0 Å². The van der Waals surface area contributed by atoms with E-state index in [1.54, 1.807) is 0 Å². The number of benzene rings is 1. The number of hydrogen-bond acceptors (Lipinski definition) is 1. The molecule has 0 amide bonds. The Morgan fingerprint density at radius 2 is 2.14 bits per heavy atom. The molecule has 1 atom stereocenters. The van der Waals surface area contributed by atoms with Gasteiger partial charge in [0.2, 0.25) is 0 Å². The maximum atomic E-state index is 3.66. The van der Waals surface area contributed by atoms with E-state index in [4.69, 9.17) is 0 Å². The Morgan fingerprint density at radius 1 is 1.36 bits per heavy atom. The van der Waals surface area contributed by atoms with Gasteiger partial charge in [-0.05, 0) is 43.9 Å². The van der Waals surface area contributed by atoms with Crippen molar-refractivity contribution >= 4 is 0 Å². The van der Waals surface area contributed by atoms with E-state index < -0.39 is 0 Å². The quantitative estimate of drug-likeness (QED) is 0.771. The first kappa shape index (κ1) is 9.72. The highest BCUT2D eigenvalue weighted by atomic mass is 15.0. The van der Waals surface area contributed by atoms with Crippen molar-refractivity contribution in [1.29, 1.82) is 0 Å². The van der Waals surface area contributed by atoms with Gasteiger partial charge in [-0.1, -0.05) is 31.2 Å². The largest absolute Gasteiger partial charge is 0.308 e. The highest BCUT2D eigenvalue weighted by molar-refractivity contribution is 5.37. The fourth-order valence-corrected chi connectivity index (χ4v) is 2.38. The van der Waals surface area contributed by atoms with Crippen LogP contribution < -0.4 is 5.32 Å². The van der Waals surface area contributed by atoms with Gasteiger partial charge in [0.05, 0.1) is 0 Å². The van der Waals surface area contributed by atoms with Crippen molar-refractivity contribution < 1.29 is 0 Å². The Balaban J connectivity index is 2.23. The molecule has 1 aliphatic rings. The predicted octanol–water partition coefficient (Wildman–Crippen LogP) is 2.85. The van der Waals surface area contributed by atoms with Crippen molar-refractivity contribution in [2.45, 2.75) is 38.6 Å². The number of nitrogens with one attached hydrogen (secondary N) is 1. The second-order valence-corrected chi connectivity index (χ2v) is 4.42. The smallest absolute Gasteiger partial charge is 0.0411 e. The summed E-state index contributed by atoms with van der Waals surface area (Å²) in [6.07, 6.45) is 3.67. The minimum Gasteiger partial charge on any atom is -0.308 e. The first-order chi connectivity index (χ1) is 6.76. The molecule has 0 aliphatic heterocycles. The van der Waals surface area contributed by atoms with Crippen molar-refractivity contribution in [2.24, 2.45) is 0 Å². The van der Waals surface area contributed by atoms with Crippen molar-refractivity contribution in [3.8, 4) is 0 Å². The molecule has 1 N–H and O–H groups in total. The standard InChI is InChI=1S/C13H19N/c1-3-10-14-13(2)9-8-11-6-4-5-7-12(11)13/h4-7,14H,3,8-10H2,1-2H3. The minimum absolute atomic E-state index is 0.229. The summed E-state index contributed by atoms with van der Waals surface area (Å²) in [6.45, 7) is 5.66. The molecule has 2 rings (SSSR count). The average molecular weight is 189 g/mol. The molecular weight excluding hydrogens is 170 g/mol. The lowest BCUT2D eigenvalue weighted by Crippen LogP contribution is -2.37. The lowest BCUT2D eigenvalue weighted by molar-refractivity contribution is 0.366. The predicted molar refractivity (Wildman–Crippen MR) is 60.4 cm³/mol. The summed E-state index contributed by atoms with van der Waals surface area (Å²) >= 11 is 0. The van der Waals surface area contributed by atoms with E-state index in [-0.39, 0.29) is 5.54 Å². The van der Waals surface area contributed by atoms with Crippen LogP contribution in [0.1, 0.15) is 37.8 Å². The third-order valence-electron chi connectivity index (χ3n) is 3.27. The fourth-order valence-electron chi connectivity index (χ4n) is 2.38. The maximum Gasteiger partial charge on any atom is 0.0411 e. The first-order valence-corrected chi connectivity index (χ1v) is 5.60. The Morgan fingerprint density at radius 3 is 2.93 bits per heavy atom. The minimum atomic E-state index is 0.229. The van der Waals surface area contributed by atoms with E-state index >= 15 is 0 Å². The summed E-state index contributed by atoms with van der Waals surface area (Å²) < 4.78 is 0. The summed E-state index contributed by atoms with van der Waals surface area (Å²) in [6, 6.07) is 8.82. The van der Waals surface area contributed by atoms with E-state index in [1.807, 2.05) is 0 Å². The highest BCUT2D eigenvalue weighted by Gasteiger charge is 2.32. The Bertz CT molecular complexity index is 319. The van der Waals surface area contributed by atoms with Crippen LogP contribution in [0, 0.1) is 0 Å². The molecule has 1 unspecified atom stereocenters. The fraction of sp³-hybridized carbons (Fsp3) is 0.538. The summed E-state index contributed by atoms with van der Waals surface area (Å²) in [7, 11) is 0. The third-order valence-corrected chi connectivity index (χ3v) is 3.27. The van der Waals surface area contributed by atoms with E-state index in [0.29, 0.717) is 0 Å². The van der Waals surface area contributed by atoms with Crippen molar-refractivity contribution in [3.05, 3.63) is 35.4 Å². The van der Waals surface area contributed by atoms with Gasteiger partial charge < -0.3 is 5.32 Å². The molecule has 1 aliphatic carbocycles. The van der Waals surface area contributed by atoms with Gasteiger partial charge in [-0.25, -0.2) is 0 Å². The Hall–Kier alpha value is -0.820. The third kappa shape index (κ3) is 1.57. The average Bonchev–Trinajstić information content (AvgIpc) is 2.55. The zero-order valence-corrected chi connectivity index (χ0v) is 9.14. The normalized spacial score (nSPS) is 25.0. The van der Waals surface area contributed by atoms with E-state index in [2.05, 4.69) is 43.4 Å². The molecule has 0 aromatic heterocycles. The molecule has 1 heteroatoms. The van der Waals surface area contributed by atoms with Crippen LogP contribution in [-0.4, -0.2) is 6.54 Å². The first-order valence-electron chi connectivity index (χ1n) is 5.60. The molecule has 14 heavy (non-hydrogen) atoms. The molecule has 1 nitrogen and oxygen atoms in total. The van der Waals surface area contributed by atoms with Gasteiger partial charge in [-0.3, -0.25) is 0 Å². The molecule has 0 saturated heterocycles. The van der Waals surface area contributed by atoms with Gasteiger partial charge in [0.15, 0.2) is 0 Å². The molecule has 0 radical (unpaired) electrons. The Kier molecular flexibility index (Phi) is 2.60. The van der Waals surface area contributed by atoms with Crippen molar-refractivity contribution in [1.82, 2.24) is 5.32 Å². The van der Waals surface area contributed by atoms with Crippen LogP contribution in [-0.2, 0) is 12.0 Å². The molecule has 0 heterocycles. The van der Waals surface area contributed by atoms with Crippen molar-refractivity contribution in [2.75, 3.05) is 6.54 Å². The zero-order valence-electron chi connectivity index (χ0n) is 9.14. The van der Waals surface area contributed by atoms with Crippen LogP contribution in [0.25, 0.3) is 0 Å². The number of aryl methyl sites for hydroxylation is 1. The van der Waals surface area contributed by atoms with Crippen LogP contribution in [0.5, 0.6) is 0 Å². The van der Waals surface area contributed by atoms with Gasteiger partial charge in [0.1, 0.15) is 0 Å². The van der Waals surface area contributed by atoms with Gasteiger partial charge >= 0.3 is 0 Å². The molecule has 1 aromatic carbocycles. The number of hydrogen-bond donors (Lipinski definition) is 1. The molecule has 1 aromatic rings. The SMILES string of the molecule is CCCNC1(C)CCc2ccccc21. The monoisotopic (exact) mass is 189 g/mol. The number of fused-ring (bicyclic) bond motifs is 1. The second-order valence-electron chi connectivity index (χ2n) is 4.42. The molecular formula is C13H19N. The second kappa shape index (κ2) is 3.74. The molecule has 0 saturated carbocycles. The van der Waals surface area contributed by atoms with Gasteiger partial charge in [-0.15, -0.1) is 0 Å². The lowest BCUT2D eigenvalue weighted by Gasteiger charge is -2.27. The molecule has 0 spiro atoms. The lowest BCUT2D eigenvalue weighted by atomic mass is 9.94. The van der Waals surface area contributed by atoms with Crippen LogP contribution in [0.3, 0.4) is 0 Å². The van der Waals surface area contributed by atoms with Gasteiger partial charge in [0, 0.05) is 5.54 Å². The van der Waals surface area contributed by atoms with Crippen LogP contribution in [0.4, 0.5) is 0 Å². The van der Waals surface area contributed by atoms with Crippen molar-refractivity contribution in [3.63, 3.8) is 0 Å². The topological polar surface area (TPSA) is 12.0 Å². The van der Waals surface area contributed by atoms with Gasteiger partial charge in [0.25, 0.3) is 0 Å². The molecule has 76 valence electrons. The van der Waals surface area contributed by atoms with Crippen LogP contribution in [0.15, 0.2) is 24.3 Å². The molecule has 0 fully saturated rings. The van der Waals surface area contributed by atoms with Crippen LogP contribution in [0.2, 0.25) is 0 Å². The Labute approximate surface area is 86.5 Å².